The van der Waals surface area contributed by atoms with E-state index in [1.54, 1.807) is 25.3 Å². The number of hydrogen-bond donors (Lipinski definition) is 2. The molecule has 0 heterocycles. The van der Waals surface area contributed by atoms with Crippen molar-refractivity contribution in [3.8, 4) is 34.1 Å². The predicted octanol–water partition coefficient (Wildman–Crippen LogP) is 2.88. The number of rotatable bonds is 2. The molecule has 0 saturated carbocycles. The van der Waals surface area contributed by atoms with Crippen molar-refractivity contribution >= 4 is 0 Å². The van der Waals surface area contributed by atoms with E-state index in [0.29, 0.717) is 11.5 Å². The van der Waals surface area contributed by atoms with E-state index in [-0.39, 0.29) is 11.5 Å². The van der Waals surface area contributed by atoms with Gasteiger partial charge in [-0.2, -0.15) is 0 Å². The maximum Gasteiger partial charge on any atom is 0.161 e. The lowest BCUT2D eigenvalue weighted by Gasteiger charge is -2.22. The molecule has 0 atom stereocenters. The van der Waals surface area contributed by atoms with E-state index < -0.39 is 0 Å². The average molecular weight is 272 g/mol. The molecule has 0 amide bonds. The second kappa shape index (κ2) is 4.63. The molecule has 2 aromatic rings. The molecule has 0 aromatic heterocycles. The smallest absolute Gasteiger partial charge is 0.161 e. The number of aryl methyl sites for hydroxylation is 2. The van der Waals surface area contributed by atoms with Crippen molar-refractivity contribution in [2.45, 2.75) is 12.8 Å². The zero-order valence-electron chi connectivity index (χ0n) is 11.4. The maximum absolute atomic E-state index is 10.3. The van der Waals surface area contributed by atoms with Gasteiger partial charge in [0.2, 0.25) is 0 Å². The maximum atomic E-state index is 10.3. The van der Waals surface area contributed by atoms with Crippen LogP contribution in [0.3, 0.4) is 0 Å². The van der Waals surface area contributed by atoms with E-state index in [1.165, 1.54) is 7.11 Å². The molecule has 0 unspecified atom stereocenters. The summed E-state index contributed by atoms with van der Waals surface area (Å²) in [6, 6.07) is 7.03. The monoisotopic (exact) mass is 272 g/mol. The Morgan fingerprint density at radius 1 is 0.850 bits per heavy atom. The summed E-state index contributed by atoms with van der Waals surface area (Å²) >= 11 is 0. The van der Waals surface area contributed by atoms with Crippen LogP contribution in [0.5, 0.6) is 23.0 Å². The number of ether oxygens (including phenoxy) is 2. The molecule has 3 rings (SSSR count). The average Bonchev–Trinajstić information content (AvgIpc) is 2.45. The van der Waals surface area contributed by atoms with Crippen LogP contribution in [0.1, 0.15) is 11.1 Å². The van der Waals surface area contributed by atoms with Gasteiger partial charge in [-0.1, -0.05) is 0 Å². The van der Waals surface area contributed by atoms with E-state index in [9.17, 15) is 10.2 Å². The van der Waals surface area contributed by atoms with Crippen molar-refractivity contribution < 1.29 is 19.7 Å². The summed E-state index contributed by atoms with van der Waals surface area (Å²) in [6.07, 6.45) is 1.62. The van der Waals surface area contributed by atoms with Gasteiger partial charge in [0, 0.05) is 11.6 Å². The number of phenolic OH excluding ortho intramolecular Hbond substituents is 2. The highest BCUT2D eigenvalue weighted by Crippen LogP contribution is 2.45. The minimum absolute atomic E-state index is 0.128. The zero-order valence-corrected chi connectivity index (χ0v) is 11.4. The molecule has 20 heavy (non-hydrogen) atoms. The van der Waals surface area contributed by atoms with Crippen molar-refractivity contribution in [1.29, 1.82) is 0 Å². The van der Waals surface area contributed by atoms with Crippen molar-refractivity contribution in [3.05, 3.63) is 35.4 Å². The molecule has 104 valence electrons. The summed E-state index contributed by atoms with van der Waals surface area (Å²) in [7, 11) is 3.10. The van der Waals surface area contributed by atoms with E-state index in [4.69, 9.17) is 9.47 Å². The Balaban J connectivity index is 2.24. The fourth-order valence-electron chi connectivity index (χ4n) is 2.77. The molecule has 0 fully saturated rings. The van der Waals surface area contributed by atoms with Crippen molar-refractivity contribution in [1.82, 2.24) is 0 Å². The van der Waals surface area contributed by atoms with Crippen LogP contribution in [0, 0.1) is 0 Å². The first-order valence-corrected chi connectivity index (χ1v) is 6.44. The standard InChI is InChI=1S/C16H16O4/c1-19-11-5-10-4-3-9-6-13(17)15(20-2)8-12(9)16(10)14(18)7-11/h5-8,17-18H,3-4H2,1-2H3. The second-order valence-corrected chi connectivity index (χ2v) is 4.86. The second-order valence-electron chi connectivity index (χ2n) is 4.86. The molecular weight excluding hydrogens is 256 g/mol. The molecule has 1 aliphatic rings. The van der Waals surface area contributed by atoms with Crippen LogP contribution in [-0.4, -0.2) is 24.4 Å². The Labute approximate surface area is 117 Å². The Morgan fingerprint density at radius 2 is 1.60 bits per heavy atom. The van der Waals surface area contributed by atoms with Crippen LogP contribution in [0.25, 0.3) is 11.1 Å². The molecule has 0 aliphatic heterocycles. The normalized spacial score (nSPS) is 12.5. The molecule has 2 N–H and O–H groups in total. The van der Waals surface area contributed by atoms with Gasteiger partial charge in [-0.15, -0.1) is 0 Å². The molecule has 4 heteroatoms. The van der Waals surface area contributed by atoms with Gasteiger partial charge in [-0.05, 0) is 47.7 Å². The van der Waals surface area contributed by atoms with E-state index in [1.807, 2.05) is 6.07 Å². The number of methoxy groups -OCH3 is 2. The fourth-order valence-corrected chi connectivity index (χ4v) is 2.77. The molecule has 2 aromatic carbocycles. The Hall–Kier alpha value is -2.36. The van der Waals surface area contributed by atoms with E-state index >= 15 is 0 Å². The largest absolute Gasteiger partial charge is 0.507 e. The van der Waals surface area contributed by atoms with Gasteiger partial charge < -0.3 is 19.7 Å². The SMILES string of the molecule is COc1cc(O)c2c(c1)CCc1cc(O)c(OC)cc1-2. The van der Waals surface area contributed by atoms with Crippen LogP contribution in [0.2, 0.25) is 0 Å². The first-order chi connectivity index (χ1) is 9.63. The van der Waals surface area contributed by atoms with Gasteiger partial charge in [0.1, 0.15) is 11.5 Å². The molecule has 0 saturated heterocycles. The number of phenols is 2. The Morgan fingerprint density at radius 3 is 2.30 bits per heavy atom. The molecule has 4 nitrogen and oxygen atoms in total. The lowest BCUT2D eigenvalue weighted by Crippen LogP contribution is -2.05. The molecular formula is C16H16O4. The van der Waals surface area contributed by atoms with Crippen LogP contribution in [0.15, 0.2) is 24.3 Å². The summed E-state index contributed by atoms with van der Waals surface area (Å²) in [6.45, 7) is 0. The molecule has 0 bridgehead atoms. The third-order valence-electron chi connectivity index (χ3n) is 3.75. The summed E-state index contributed by atoms with van der Waals surface area (Å²) < 4.78 is 10.3. The van der Waals surface area contributed by atoms with Crippen LogP contribution >= 0.6 is 0 Å². The molecule has 1 aliphatic carbocycles. The third kappa shape index (κ3) is 1.84. The first-order valence-electron chi connectivity index (χ1n) is 6.44. The highest BCUT2D eigenvalue weighted by molar-refractivity contribution is 5.81. The summed E-state index contributed by atoms with van der Waals surface area (Å²) in [5.74, 6) is 1.37. The topological polar surface area (TPSA) is 58.9 Å². The van der Waals surface area contributed by atoms with Crippen molar-refractivity contribution in [2.75, 3.05) is 14.2 Å². The van der Waals surface area contributed by atoms with Crippen LogP contribution in [-0.2, 0) is 12.8 Å². The first kappa shape index (κ1) is 12.7. The fraction of sp³-hybridized carbons (Fsp3) is 0.250. The number of fused-ring (bicyclic) bond motifs is 3. The van der Waals surface area contributed by atoms with Crippen LogP contribution < -0.4 is 9.47 Å². The third-order valence-corrected chi connectivity index (χ3v) is 3.75. The lowest BCUT2D eigenvalue weighted by molar-refractivity contribution is 0.373. The summed E-state index contributed by atoms with van der Waals surface area (Å²) in [5.41, 5.74) is 3.75. The predicted molar refractivity (Wildman–Crippen MR) is 75.7 cm³/mol. The minimum atomic E-state index is 0.128. The van der Waals surface area contributed by atoms with Crippen molar-refractivity contribution in [2.24, 2.45) is 0 Å². The van der Waals surface area contributed by atoms with Gasteiger partial charge in [0.05, 0.1) is 14.2 Å². The van der Waals surface area contributed by atoms with Gasteiger partial charge in [-0.25, -0.2) is 0 Å². The number of hydrogen-bond acceptors (Lipinski definition) is 4. The van der Waals surface area contributed by atoms with Gasteiger partial charge in [-0.3, -0.25) is 0 Å². The minimum Gasteiger partial charge on any atom is -0.507 e. The highest BCUT2D eigenvalue weighted by Gasteiger charge is 2.22. The Bertz CT molecular complexity index is 677. The van der Waals surface area contributed by atoms with Crippen molar-refractivity contribution in [3.63, 3.8) is 0 Å². The van der Waals surface area contributed by atoms with Gasteiger partial charge in [0.15, 0.2) is 11.5 Å². The quantitative estimate of drug-likeness (QED) is 0.882. The number of aromatic hydroxyl groups is 2. The highest BCUT2D eigenvalue weighted by atomic mass is 16.5. The van der Waals surface area contributed by atoms with E-state index in [2.05, 4.69) is 0 Å². The van der Waals surface area contributed by atoms with Gasteiger partial charge in [0.25, 0.3) is 0 Å². The molecule has 0 radical (unpaired) electrons. The summed E-state index contributed by atoms with van der Waals surface area (Å²) in [5, 5.41) is 20.1. The lowest BCUT2D eigenvalue weighted by atomic mass is 9.84. The summed E-state index contributed by atoms with van der Waals surface area (Å²) in [4.78, 5) is 0. The molecule has 0 spiro atoms. The number of benzene rings is 2. The van der Waals surface area contributed by atoms with Crippen LogP contribution in [0.4, 0.5) is 0 Å². The Kier molecular flexibility index (Phi) is 2.93. The zero-order chi connectivity index (χ0) is 14.3. The van der Waals surface area contributed by atoms with E-state index in [0.717, 1.165) is 35.1 Å². The van der Waals surface area contributed by atoms with Gasteiger partial charge >= 0.3 is 0 Å².